The highest BCUT2D eigenvalue weighted by molar-refractivity contribution is 9.10. The fourth-order valence-corrected chi connectivity index (χ4v) is 4.61. The molecule has 2 fully saturated rings. The van der Waals surface area contributed by atoms with E-state index in [1.54, 1.807) is 25.3 Å². The molecule has 2 N–H and O–H groups in total. The highest BCUT2D eigenvalue weighted by Gasteiger charge is 2.41. The zero-order valence-electron chi connectivity index (χ0n) is 14.1. The molecule has 1 saturated heterocycles. The van der Waals surface area contributed by atoms with E-state index in [9.17, 15) is 9.59 Å². The van der Waals surface area contributed by atoms with Gasteiger partial charge in [-0.25, -0.2) is 0 Å². The van der Waals surface area contributed by atoms with Gasteiger partial charge in [-0.1, -0.05) is 27.5 Å². The largest absolute Gasteiger partial charge is 0.384 e. The normalized spacial score (nSPS) is 28.8. The molecule has 1 heterocycles. The van der Waals surface area contributed by atoms with Crippen LogP contribution in [0.3, 0.4) is 0 Å². The SMILES string of the molecule is COCC1CC(=O)NC2CC(NC(=O)c3cc(Br)ccc3Cl)CCC12. The third-order valence-corrected chi connectivity index (χ3v) is 6.02. The Kier molecular flexibility index (Phi) is 6.02. The van der Waals surface area contributed by atoms with Crippen molar-refractivity contribution in [1.82, 2.24) is 10.6 Å². The Balaban J connectivity index is 1.65. The molecule has 2 aliphatic rings. The number of piperidine rings is 1. The minimum Gasteiger partial charge on any atom is -0.384 e. The molecule has 1 aromatic carbocycles. The van der Waals surface area contributed by atoms with Crippen LogP contribution < -0.4 is 10.6 Å². The molecule has 0 radical (unpaired) electrons. The number of halogens is 2. The van der Waals surface area contributed by atoms with E-state index in [1.165, 1.54) is 0 Å². The fourth-order valence-electron chi connectivity index (χ4n) is 4.04. The number of carbonyl (C=O) groups excluding carboxylic acids is 2. The Morgan fingerprint density at radius 3 is 3.00 bits per heavy atom. The molecule has 1 aliphatic heterocycles. The Labute approximate surface area is 161 Å². The van der Waals surface area contributed by atoms with Crippen LogP contribution in [0.2, 0.25) is 5.02 Å². The molecular formula is C18H22BrClN2O3. The number of ether oxygens (including phenoxy) is 1. The molecule has 7 heteroatoms. The van der Waals surface area contributed by atoms with Gasteiger partial charge in [0.05, 0.1) is 10.6 Å². The van der Waals surface area contributed by atoms with Crippen LogP contribution in [0.4, 0.5) is 0 Å². The molecule has 5 nitrogen and oxygen atoms in total. The molecule has 4 unspecified atom stereocenters. The van der Waals surface area contributed by atoms with Gasteiger partial charge in [-0.3, -0.25) is 9.59 Å². The van der Waals surface area contributed by atoms with Crippen LogP contribution in [-0.2, 0) is 9.53 Å². The summed E-state index contributed by atoms with van der Waals surface area (Å²) in [7, 11) is 1.68. The van der Waals surface area contributed by atoms with Crippen LogP contribution >= 0.6 is 27.5 Å². The van der Waals surface area contributed by atoms with E-state index in [1.807, 2.05) is 0 Å². The quantitative estimate of drug-likeness (QED) is 0.772. The second-order valence-corrected chi connectivity index (χ2v) is 8.19. The first kappa shape index (κ1) is 18.7. The number of hydrogen-bond donors (Lipinski definition) is 2. The maximum atomic E-state index is 12.6. The Morgan fingerprint density at radius 1 is 1.44 bits per heavy atom. The zero-order valence-corrected chi connectivity index (χ0v) is 16.4. The molecule has 0 bridgehead atoms. The Morgan fingerprint density at radius 2 is 2.24 bits per heavy atom. The zero-order chi connectivity index (χ0) is 18.0. The molecule has 3 rings (SSSR count). The van der Waals surface area contributed by atoms with Crippen molar-refractivity contribution in [3.63, 3.8) is 0 Å². The van der Waals surface area contributed by atoms with Gasteiger partial charge in [0.25, 0.3) is 5.91 Å². The van der Waals surface area contributed by atoms with Crippen molar-refractivity contribution in [3.05, 3.63) is 33.3 Å². The van der Waals surface area contributed by atoms with Crippen molar-refractivity contribution >= 4 is 39.3 Å². The van der Waals surface area contributed by atoms with Gasteiger partial charge in [0.2, 0.25) is 5.91 Å². The number of hydrogen-bond acceptors (Lipinski definition) is 3. The summed E-state index contributed by atoms with van der Waals surface area (Å²) in [6.45, 7) is 0.610. The van der Waals surface area contributed by atoms with Gasteiger partial charge in [-0.05, 0) is 49.3 Å². The molecule has 4 atom stereocenters. The minimum atomic E-state index is -0.176. The van der Waals surface area contributed by atoms with Crippen LogP contribution in [-0.4, -0.2) is 37.6 Å². The summed E-state index contributed by atoms with van der Waals surface area (Å²) < 4.78 is 6.10. The van der Waals surface area contributed by atoms with Gasteiger partial charge in [-0.15, -0.1) is 0 Å². The van der Waals surface area contributed by atoms with Gasteiger partial charge in [0.15, 0.2) is 0 Å². The maximum absolute atomic E-state index is 12.6. The van der Waals surface area contributed by atoms with Gasteiger partial charge in [0.1, 0.15) is 0 Å². The molecule has 2 amide bonds. The minimum absolute atomic E-state index is 0.0328. The highest BCUT2D eigenvalue weighted by Crippen LogP contribution is 2.35. The predicted molar refractivity (Wildman–Crippen MR) is 99.7 cm³/mol. The maximum Gasteiger partial charge on any atom is 0.253 e. The average Bonchev–Trinajstić information content (AvgIpc) is 2.56. The lowest BCUT2D eigenvalue weighted by molar-refractivity contribution is -0.128. The van der Waals surface area contributed by atoms with E-state index in [0.29, 0.717) is 29.5 Å². The number of nitrogens with one attached hydrogen (secondary N) is 2. The van der Waals surface area contributed by atoms with Gasteiger partial charge >= 0.3 is 0 Å². The summed E-state index contributed by atoms with van der Waals surface area (Å²) in [5.74, 6) is 0.579. The van der Waals surface area contributed by atoms with Crippen LogP contribution in [0.15, 0.2) is 22.7 Å². The van der Waals surface area contributed by atoms with Gasteiger partial charge in [0, 0.05) is 36.7 Å². The van der Waals surface area contributed by atoms with Crippen molar-refractivity contribution in [2.45, 2.75) is 37.8 Å². The smallest absolute Gasteiger partial charge is 0.253 e. The van der Waals surface area contributed by atoms with E-state index < -0.39 is 0 Å². The first-order chi connectivity index (χ1) is 12.0. The first-order valence-electron chi connectivity index (χ1n) is 8.52. The number of rotatable bonds is 4. The van der Waals surface area contributed by atoms with E-state index in [2.05, 4.69) is 26.6 Å². The summed E-state index contributed by atoms with van der Waals surface area (Å²) >= 11 is 9.51. The van der Waals surface area contributed by atoms with E-state index in [0.717, 1.165) is 23.7 Å². The summed E-state index contributed by atoms with van der Waals surface area (Å²) in [6, 6.07) is 5.36. The monoisotopic (exact) mass is 428 g/mol. The standard InChI is InChI=1S/C18H22BrClN2O3/c1-25-9-10-6-17(23)22-16-8-12(3-4-13(10)16)21-18(24)14-7-11(19)2-5-15(14)20/h2,5,7,10,12-13,16H,3-4,6,8-9H2,1H3,(H,21,24)(H,22,23). The van der Waals surface area contributed by atoms with Gasteiger partial charge in [-0.2, -0.15) is 0 Å². The number of benzene rings is 1. The fraction of sp³-hybridized carbons (Fsp3) is 0.556. The average molecular weight is 430 g/mol. The lowest BCUT2D eigenvalue weighted by Crippen LogP contribution is -2.56. The van der Waals surface area contributed by atoms with Crippen molar-refractivity contribution < 1.29 is 14.3 Å². The molecule has 0 spiro atoms. The first-order valence-corrected chi connectivity index (χ1v) is 9.69. The third kappa shape index (κ3) is 4.36. The highest BCUT2D eigenvalue weighted by atomic mass is 79.9. The summed E-state index contributed by atoms with van der Waals surface area (Å²) in [5.41, 5.74) is 0.461. The van der Waals surface area contributed by atoms with Crippen LogP contribution in [0.5, 0.6) is 0 Å². The molecular weight excluding hydrogens is 408 g/mol. The second-order valence-electron chi connectivity index (χ2n) is 6.87. The van der Waals surface area contributed by atoms with Crippen LogP contribution in [0.25, 0.3) is 0 Å². The number of amides is 2. The predicted octanol–water partition coefficient (Wildman–Crippen LogP) is 3.15. The molecule has 1 aromatic rings. The Bertz CT molecular complexity index is 670. The van der Waals surface area contributed by atoms with Crippen molar-refractivity contribution in [1.29, 1.82) is 0 Å². The number of fused-ring (bicyclic) bond motifs is 1. The molecule has 1 aliphatic carbocycles. The lowest BCUT2D eigenvalue weighted by Gasteiger charge is -2.43. The number of methoxy groups -OCH3 is 1. The number of carbonyl (C=O) groups is 2. The van der Waals surface area contributed by atoms with Gasteiger partial charge < -0.3 is 15.4 Å². The summed E-state index contributed by atoms with van der Waals surface area (Å²) in [4.78, 5) is 24.5. The summed E-state index contributed by atoms with van der Waals surface area (Å²) in [6.07, 6.45) is 3.14. The summed E-state index contributed by atoms with van der Waals surface area (Å²) in [5, 5.41) is 6.59. The van der Waals surface area contributed by atoms with Crippen LogP contribution in [0, 0.1) is 11.8 Å². The van der Waals surface area contributed by atoms with Crippen molar-refractivity contribution in [3.8, 4) is 0 Å². The molecule has 25 heavy (non-hydrogen) atoms. The molecule has 0 aromatic heterocycles. The lowest BCUT2D eigenvalue weighted by atomic mass is 9.71. The van der Waals surface area contributed by atoms with Crippen molar-refractivity contribution in [2.75, 3.05) is 13.7 Å². The molecule has 136 valence electrons. The van der Waals surface area contributed by atoms with E-state index in [4.69, 9.17) is 16.3 Å². The second kappa shape index (κ2) is 8.06. The third-order valence-electron chi connectivity index (χ3n) is 5.19. The molecule has 1 saturated carbocycles. The van der Waals surface area contributed by atoms with Crippen molar-refractivity contribution in [2.24, 2.45) is 11.8 Å². The van der Waals surface area contributed by atoms with E-state index >= 15 is 0 Å². The van der Waals surface area contributed by atoms with Crippen LogP contribution in [0.1, 0.15) is 36.0 Å². The topological polar surface area (TPSA) is 67.4 Å². The Hall–Kier alpha value is -1.11. The van der Waals surface area contributed by atoms with E-state index in [-0.39, 0.29) is 29.8 Å².